The van der Waals surface area contributed by atoms with E-state index in [1.54, 1.807) is 0 Å². The monoisotopic (exact) mass is 204 g/mol. The maximum absolute atomic E-state index is 5.57. The lowest BCUT2D eigenvalue weighted by atomic mass is 10.2. The van der Waals surface area contributed by atoms with Crippen molar-refractivity contribution in [2.24, 2.45) is 0 Å². The van der Waals surface area contributed by atoms with Gasteiger partial charge in [-0.15, -0.1) is 0 Å². The molecular formula is C12H16N2O. The fourth-order valence-electron chi connectivity index (χ4n) is 1.75. The van der Waals surface area contributed by atoms with Crippen molar-refractivity contribution in [3.05, 3.63) is 30.0 Å². The molecule has 3 nitrogen and oxygen atoms in total. The highest BCUT2D eigenvalue weighted by molar-refractivity contribution is 5.86. The van der Waals surface area contributed by atoms with Gasteiger partial charge in [0.25, 0.3) is 0 Å². The summed E-state index contributed by atoms with van der Waals surface area (Å²) in [7, 11) is 1.94. The summed E-state index contributed by atoms with van der Waals surface area (Å²) in [5.41, 5.74) is 2.31. The van der Waals surface area contributed by atoms with E-state index in [0.717, 1.165) is 23.2 Å². The van der Waals surface area contributed by atoms with E-state index in [4.69, 9.17) is 4.74 Å². The Morgan fingerprint density at radius 2 is 2.27 bits per heavy atom. The van der Waals surface area contributed by atoms with E-state index in [1.807, 2.05) is 26.1 Å². The third-order valence-corrected chi connectivity index (χ3v) is 2.35. The molecule has 2 N–H and O–H groups in total. The zero-order valence-electron chi connectivity index (χ0n) is 9.13. The van der Waals surface area contributed by atoms with Gasteiger partial charge in [0.1, 0.15) is 5.75 Å². The lowest BCUT2D eigenvalue weighted by molar-refractivity contribution is 0.344. The lowest BCUT2D eigenvalue weighted by Gasteiger charge is -2.02. The first-order chi connectivity index (χ1) is 7.35. The summed E-state index contributed by atoms with van der Waals surface area (Å²) in [6.45, 7) is 3.55. The highest BCUT2D eigenvalue weighted by atomic mass is 16.5. The third kappa shape index (κ3) is 1.97. The smallest absolute Gasteiger partial charge is 0.128 e. The largest absolute Gasteiger partial charge is 0.493 e. The molecule has 0 bridgehead atoms. The fraction of sp³-hybridized carbons (Fsp3) is 0.333. The predicted molar refractivity (Wildman–Crippen MR) is 62.2 cm³/mol. The molecule has 0 aliphatic heterocycles. The molecular weight excluding hydrogens is 188 g/mol. The van der Waals surface area contributed by atoms with Crippen LogP contribution in [0.4, 0.5) is 0 Å². The molecule has 80 valence electrons. The van der Waals surface area contributed by atoms with Gasteiger partial charge in [-0.2, -0.15) is 0 Å². The summed E-state index contributed by atoms with van der Waals surface area (Å²) in [6.07, 6.45) is 0. The average Bonchev–Trinajstić information content (AvgIpc) is 2.62. The number of aromatic nitrogens is 1. The van der Waals surface area contributed by atoms with E-state index in [0.29, 0.717) is 6.61 Å². The Kier molecular flexibility index (Phi) is 2.92. The van der Waals surface area contributed by atoms with Gasteiger partial charge < -0.3 is 15.0 Å². The zero-order chi connectivity index (χ0) is 10.7. The van der Waals surface area contributed by atoms with Crippen LogP contribution in [0.25, 0.3) is 10.9 Å². The number of H-pyrrole nitrogens is 1. The Hall–Kier alpha value is -1.48. The molecule has 0 amide bonds. The normalized spacial score (nSPS) is 10.8. The Balaban J connectivity index is 2.44. The molecule has 0 saturated carbocycles. The number of aromatic amines is 1. The molecule has 0 spiro atoms. The minimum absolute atomic E-state index is 0.700. The first-order valence-corrected chi connectivity index (χ1v) is 5.23. The Morgan fingerprint density at radius 3 is 3.00 bits per heavy atom. The molecule has 3 heteroatoms. The molecule has 0 saturated heterocycles. The van der Waals surface area contributed by atoms with E-state index in [2.05, 4.69) is 22.4 Å². The number of nitrogens with one attached hydrogen (secondary N) is 2. The number of rotatable bonds is 4. The van der Waals surface area contributed by atoms with Crippen molar-refractivity contribution in [2.75, 3.05) is 13.7 Å². The van der Waals surface area contributed by atoms with E-state index in [9.17, 15) is 0 Å². The van der Waals surface area contributed by atoms with Gasteiger partial charge >= 0.3 is 0 Å². The van der Waals surface area contributed by atoms with Gasteiger partial charge in [0.2, 0.25) is 0 Å². The van der Waals surface area contributed by atoms with Crippen LogP contribution in [0.5, 0.6) is 5.75 Å². The van der Waals surface area contributed by atoms with E-state index in [1.165, 1.54) is 5.69 Å². The molecule has 0 atom stereocenters. The number of hydrogen-bond donors (Lipinski definition) is 2. The van der Waals surface area contributed by atoms with E-state index < -0.39 is 0 Å². The SMILES string of the molecule is CCOc1cccc2[nH]c(CNC)cc12. The Morgan fingerprint density at radius 1 is 1.40 bits per heavy atom. The van der Waals surface area contributed by atoms with E-state index in [-0.39, 0.29) is 0 Å². The van der Waals surface area contributed by atoms with Crippen molar-refractivity contribution < 1.29 is 4.74 Å². The topological polar surface area (TPSA) is 37.0 Å². The van der Waals surface area contributed by atoms with Gasteiger partial charge in [0.05, 0.1) is 6.61 Å². The molecule has 0 aliphatic rings. The van der Waals surface area contributed by atoms with Crippen LogP contribution < -0.4 is 10.1 Å². The maximum atomic E-state index is 5.57. The van der Waals surface area contributed by atoms with Crippen LogP contribution in [0.15, 0.2) is 24.3 Å². The molecule has 2 aromatic rings. The van der Waals surface area contributed by atoms with Crippen molar-refractivity contribution in [3.63, 3.8) is 0 Å². The van der Waals surface area contributed by atoms with Crippen LogP contribution in [-0.4, -0.2) is 18.6 Å². The van der Waals surface area contributed by atoms with Gasteiger partial charge in [-0.3, -0.25) is 0 Å². The van der Waals surface area contributed by atoms with Gasteiger partial charge in [-0.05, 0) is 32.2 Å². The number of benzene rings is 1. The molecule has 0 fully saturated rings. The molecule has 15 heavy (non-hydrogen) atoms. The van der Waals surface area contributed by atoms with Crippen molar-refractivity contribution in [1.29, 1.82) is 0 Å². The standard InChI is InChI=1S/C12H16N2O/c1-3-15-12-6-4-5-11-10(12)7-9(14-11)8-13-2/h4-7,13-14H,3,8H2,1-2H3. The molecule has 1 heterocycles. The summed E-state index contributed by atoms with van der Waals surface area (Å²) >= 11 is 0. The van der Waals surface area contributed by atoms with Crippen molar-refractivity contribution in [1.82, 2.24) is 10.3 Å². The summed E-state index contributed by atoms with van der Waals surface area (Å²) in [4.78, 5) is 3.35. The zero-order valence-corrected chi connectivity index (χ0v) is 9.13. The number of ether oxygens (including phenoxy) is 1. The Labute approximate surface area is 89.4 Å². The first-order valence-electron chi connectivity index (χ1n) is 5.23. The van der Waals surface area contributed by atoms with Crippen molar-refractivity contribution >= 4 is 10.9 Å². The molecule has 1 aromatic heterocycles. The molecule has 0 unspecified atom stereocenters. The minimum atomic E-state index is 0.700. The van der Waals surface area contributed by atoms with Crippen LogP contribution in [0, 0.1) is 0 Å². The van der Waals surface area contributed by atoms with Crippen molar-refractivity contribution in [3.8, 4) is 5.75 Å². The summed E-state index contributed by atoms with van der Waals surface area (Å²) < 4.78 is 5.57. The van der Waals surface area contributed by atoms with Crippen LogP contribution in [0.1, 0.15) is 12.6 Å². The quantitative estimate of drug-likeness (QED) is 0.801. The summed E-state index contributed by atoms with van der Waals surface area (Å²) in [5.74, 6) is 0.952. The van der Waals surface area contributed by atoms with Crippen molar-refractivity contribution in [2.45, 2.75) is 13.5 Å². The van der Waals surface area contributed by atoms with Gasteiger partial charge in [-0.1, -0.05) is 6.07 Å². The second-order valence-corrected chi connectivity index (χ2v) is 3.48. The predicted octanol–water partition coefficient (Wildman–Crippen LogP) is 2.29. The highest BCUT2D eigenvalue weighted by Gasteiger charge is 2.04. The highest BCUT2D eigenvalue weighted by Crippen LogP contribution is 2.26. The number of hydrogen-bond acceptors (Lipinski definition) is 2. The van der Waals surface area contributed by atoms with Crippen LogP contribution >= 0.6 is 0 Å². The summed E-state index contributed by atoms with van der Waals surface area (Å²) in [5, 5.41) is 4.28. The third-order valence-electron chi connectivity index (χ3n) is 2.35. The average molecular weight is 204 g/mol. The second kappa shape index (κ2) is 4.36. The molecule has 2 rings (SSSR count). The van der Waals surface area contributed by atoms with Crippen LogP contribution in [-0.2, 0) is 6.54 Å². The molecule has 0 aliphatic carbocycles. The van der Waals surface area contributed by atoms with Gasteiger partial charge in [-0.25, -0.2) is 0 Å². The Bertz CT molecular complexity index is 448. The first kappa shape index (κ1) is 10.1. The molecule has 1 aromatic carbocycles. The summed E-state index contributed by atoms with van der Waals surface area (Å²) in [6, 6.07) is 8.21. The second-order valence-electron chi connectivity index (χ2n) is 3.48. The lowest BCUT2D eigenvalue weighted by Crippen LogP contribution is -2.04. The number of fused-ring (bicyclic) bond motifs is 1. The fourth-order valence-corrected chi connectivity index (χ4v) is 1.75. The van der Waals surface area contributed by atoms with Crippen LogP contribution in [0.3, 0.4) is 0 Å². The van der Waals surface area contributed by atoms with Gasteiger partial charge in [0, 0.05) is 23.1 Å². The minimum Gasteiger partial charge on any atom is -0.493 e. The van der Waals surface area contributed by atoms with E-state index >= 15 is 0 Å². The van der Waals surface area contributed by atoms with Crippen LogP contribution in [0.2, 0.25) is 0 Å². The molecule has 0 radical (unpaired) electrons. The maximum Gasteiger partial charge on any atom is 0.128 e. The van der Waals surface area contributed by atoms with Gasteiger partial charge in [0.15, 0.2) is 0 Å².